The molecule has 0 bridgehead atoms. The highest BCUT2D eigenvalue weighted by atomic mass is 32.2. The van der Waals surface area contributed by atoms with Crippen molar-refractivity contribution in [2.24, 2.45) is 0 Å². The lowest BCUT2D eigenvalue weighted by molar-refractivity contribution is 0.102. The largest absolute Gasteiger partial charge is 0.382 e. The van der Waals surface area contributed by atoms with E-state index in [9.17, 15) is 4.79 Å². The van der Waals surface area contributed by atoms with E-state index in [4.69, 9.17) is 5.73 Å². The first-order valence-electron chi connectivity index (χ1n) is 5.23. The number of benzene rings is 1. The van der Waals surface area contributed by atoms with Crippen molar-refractivity contribution in [2.75, 3.05) is 17.3 Å². The first-order valence-corrected chi connectivity index (χ1v) is 6.45. The molecule has 1 heterocycles. The van der Waals surface area contributed by atoms with Crippen LogP contribution in [0.1, 0.15) is 10.5 Å². The molecule has 0 unspecified atom stereocenters. The highest BCUT2D eigenvalue weighted by Crippen LogP contribution is 2.25. The van der Waals surface area contributed by atoms with E-state index in [-0.39, 0.29) is 17.4 Å². The minimum absolute atomic E-state index is 0.122. The van der Waals surface area contributed by atoms with Gasteiger partial charge in [-0.3, -0.25) is 4.79 Å². The van der Waals surface area contributed by atoms with Crippen molar-refractivity contribution in [3.63, 3.8) is 0 Å². The lowest BCUT2D eigenvalue weighted by atomic mass is 10.3. The van der Waals surface area contributed by atoms with Crippen molar-refractivity contribution in [3.8, 4) is 0 Å². The number of thioether (sulfide) groups is 1. The molecular weight excluding hydrogens is 248 g/mol. The molecule has 1 amide bonds. The van der Waals surface area contributed by atoms with Gasteiger partial charge in [-0.05, 0) is 18.4 Å². The van der Waals surface area contributed by atoms with Gasteiger partial charge in [-0.25, -0.2) is 9.97 Å². The number of carbonyl (C=O) groups is 1. The Balaban J connectivity index is 2.24. The summed E-state index contributed by atoms with van der Waals surface area (Å²) in [5, 5.41) is 2.78. The molecule has 0 spiro atoms. The average Bonchev–Trinajstić information content (AvgIpc) is 2.39. The molecule has 6 heteroatoms. The summed E-state index contributed by atoms with van der Waals surface area (Å²) in [6.45, 7) is 0. The van der Waals surface area contributed by atoms with E-state index in [2.05, 4.69) is 15.3 Å². The maximum absolute atomic E-state index is 12.0. The van der Waals surface area contributed by atoms with E-state index < -0.39 is 0 Å². The van der Waals surface area contributed by atoms with Crippen molar-refractivity contribution in [2.45, 2.75) is 4.90 Å². The summed E-state index contributed by atoms with van der Waals surface area (Å²) in [4.78, 5) is 20.7. The molecule has 92 valence electrons. The van der Waals surface area contributed by atoms with E-state index >= 15 is 0 Å². The number of hydrogen-bond donors (Lipinski definition) is 2. The predicted molar refractivity (Wildman–Crippen MR) is 72.6 cm³/mol. The quantitative estimate of drug-likeness (QED) is 0.825. The Hall–Kier alpha value is -2.08. The molecule has 0 saturated carbocycles. The molecule has 0 saturated heterocycles. The Morgan fingerprint density at radius 2 is 2.00 bits per heavy atom. The molecular formula is C12H12N4OS. The molecule has 0 aliphatic carbocycles. The molecule has 3 N–H and O–H groups in total. The second kappa shape index (κ2) is 5.50. The molecule has 0 atom stereocenters. The Morgan fingerprint density at radius 1 is 1.28 bits per heavy atom. The van der Waals surface area contributed by atoms with Gasteiger partial charge in [0.2, 0.25) is 0 Å². The third-order valence-electron chi connectivity index (χ3n) is 2.30. The molecule has 1 aromatic heterocycles. The maximum atomic E-state index is 12.0. The molecule has 0 aliphatic rings. The number of para-hydroxylation sites is 1. The fraction of sp³-hybridized carbons (Fsp3) is 0.0833. The maximum Gasteiger partial charge on any atom is 0.278 e. The van der Waals surface area contributed by atoms with Crippen molar-refractivity contribution in [1.29, 1.82) is 0 Å². The third-order valence-corrected chi connectivity index (χ3v) is 3.09. The van der Waals surface area contributed by atoms with Gasteiger partial charge in [0.15, 0.2) is 11.5 Å². The number of anilines is 2. The summed E-state index contributed by atoms with van der Waals surface area (Å²) < 4.78 is 0. The Kier molecular flexibility index (Phi) is 3.78. The van der Waals surface area contributed by atoms with Gasteiger partial charge in [0.25, 0.3) is 5.91 Å². The summed E-state index contributed by atoms with van der Waals surface area (Å²) in [7, 11) is 0. The molecule has 1 aromatic carbocycles. The molecule has 2 aromatic rings. The average molecular weight is 260 g/mol. The standard InChI is InChI=1S/C12H12N4OS/c1-18-9-5-3-2-4-8(9)16-12(17)10-11(13)15-7-6-14-10/h2-7H,1H3,(H2,13,15)(H,16,17). The molecule has 18 heavy (non-hydrogen) atoms. The van der Waals surface area contributed by atoms with Crippen LogP contribution in [0.5, 0.6) is 0 Å². The van der Waals surface area contributed by atoms with E-state index in [1.54, 1.807) is 11.8 Å². The van der Waals surface area contributed by atoms with E-state index in [0.29, 0.717) is 0 Å². The minimum Gasteiger partial charge on any atom is -0.382 e. The van der Waals surface area contributed by atoms with Crippen LogP contribution in [0, 0.1) is 0 Å². The Bertz CT molecular complexity index is 574. The van der Waals surface area contributed by atoms with Crippen LogP contribution in [0.15, 0.2) is 41.6 Å². The highest BCUT2D eigenvalue weighted by molar-refractivity contribution is 7.98. The molecule has 2 rings (SSSR count). The van der Waals surface area contributed by atoms with Crippen LogP contribution in [-0.2, 0) is 0 Å². The number of amides is 1. The smallest absolute Gasteiger partial charge is 0.278 e. The van der Waals surface area contributed by atoms with Gasteiger partial charge in [0.1, 0.15) is 0 Å². The van der Waals surface area contributed by atoms with E-state index in [0.717, 1.165) is 10.6 Å². The summed E-state index contributed by atoms with van der Waals surface area (Å²) in [5.41, 5.74) is 6.47. The number of nitrogens with one attached hydrogen (secondary N) is 1. The zero-order chi connectivity index (χ0) is 13.0. The molecule has 0 fully saturated rings. The normalized spacial score (nSPS) is 10.1. The molecule has 0 radical (unpaired) electrons. The lowest BCUT2D eigenvalue weighted by Gasteiger charge is -2.09. The zero-order valence-electron chi connectivity index (χ0n) is 9.75. The Labute approximate surface area is 109 Å². The van der Waals surface area contributed by atoms with Crippen LogP contribution in [0.2, 0.25) is 0 Å². The van der Waals surface area contributed by atoms with Crippen LogP contribution in [-0.4, -0.2) is 22.1 Å². The van der Waals surface area contributed by atoms with Gasteiger partial charge in [0.05, 0.1) is 5.69 Å². The van der Waals surface area contributed by atoms with Crippen molar-refractivity contribution in [1.82, 2.24) is 9.97 Å². The van der Waals surface area contributed by atoms with E-state index in [1.807, 2.05) is 30.5 Å². The fourth-order valence-corrected chi connectivity index (χ4v) is 2.01. The first-order chi connectivity index (χ1) is 8.72. The van der Waals surface area contributed by atoms with Crippen molar-refractivity contribution in [3.05, 3.63) is 42.4 Å². The fourth-order valence-electron chi connectivity index (χ4n) is 1.45. The number of rotatable bonds is 3. The molecule has 5 nitrogen and oxygen atoms in total. The summed E-state index contributed by atoms with van der Waals surface area (Å²) in [5.74, 6) is -0.237. The summed E-state index contributed by atoms with van der Waals surface area (Å²) in [6, 6.07) is 7.53. The number of nitrogens with zero attached hydrogens (tertiary/aromatic N) is 2. The van der Waals surface area contributed by atoms with Crippen LogP contribution in [0.25, 0.3) is 0 Å². The van der Waals surface area contributed by atoms with Crippen LogP contribution < -0.4 is 11.1 Å². The second-order valence-electron chi connectivity index (χ2n) is 3.44. The number of nitrogens with two attached hydrogens (primary N) is 1. The van der Waals surface area contributed by atoms with Crippen molar-refractivity contribution >= 4 is 29.2 Å². The SMILES string of the molecule is CSc1ccccc1NC(=O)c1nccnc1N. The van der Waals surface area contributed by atoms with E-state index in [1.165, 1.54) is 12.4 Å². The van der Waals surface area contributed by atoms with Gasteiger partial charge in [-0.1, -0.05) is 12.1 Å². The topological polar surface area (TPSA) is 80.9 Å². The Morgan fingerprint density at radius 3 is 2.72 bits per heavy atom. The summed E-state index contributed by atoms with van der Waals surface area (Å²) >= 11 is 1.55. The molecule has 0 aliphatic heterocycles. The lowest BCUT2D eigenvalue weighted by Crippen LogP contribution is -2.16. The number of carbonyl (C=O) groups excluding carboxylic acids is 1. The summed E-state index contributed by atoms with van der Waals surface area (Å²) in [6.07, 6.45) is 4.83. The minimum atomic E-state index is -0.359. The number of hydrogen-bond acceptors (Lipinski definition) is 5. The zero-order valence-corrected chi connectivity index (χ0v) is 10.6. The third kappa shape index (κ3) is 2.60. The monoisotopic (exact) mass is 260 g/mol. The van der Waals surface area contributed by atoms with Crippen molar-refractivity contribution < 1.29 is 4.79 Å². The number of nitrogen functional groups attached to an aromatic ring is 1. The first kappa shape index (κ1) is 12.4. The van der Waals surface area contributed by atoms with Gasteiger partial charge in [-0.15, -0.1) is 11.8 Å². The number of aromatic nitrogens is 2. The predicted octanol–water partition coefficient (Wildman–Crippen LogP) is 2.03. The van der Waals surface area contributed by atoms with Gasteiger partial charge < -0.3 is 11.1 Å². The van der Waals surface area contributed by atoms with Gasteiger partial charge in [0, 0.05) is 17.3 Å². The van der Waals surface area contributed by atoms with Crippen LogP contribution in [0.4, 0.5) is 11.5 Å². The van der Waals surface area contributed by atoms with Crippen LogP contribution >= 0.6 is 11.8 Å². The van der Waals surface area contributed by atoms with Gasteiger partial charge in [-0.2, -0.15) is 0 Å². The van der Waals surface area contributed by atoms with Gasteiger partial charge >= 0.3 is 0 Å². The second-order valence-corrected chi connectivity index (χ2v) is 4.29. The van der Waals surface area contributed by atoms with Crippen LogP contribution in [0.3, 0.4) is 0 Å². The highest BCUT2D eigenvalue weighted by Gasteiger charge is 2.13.